The van der Waals surface area contributed by atoms with Crippen LogP contribution in [-0.2, 0) is 0 Å². The predicted molar refractivity (Wildman–Crippen MR) is 92.3 cm³/mol. The molecule has 0 radical (unpaired) electrons. The molecule has 0 unspecified atom stereocenters. The van der Waals surface area contributed by atoms with E-state index in [0.29, 0.717) is 23.4 Å². The Hall–Kier alpha value is -2.41. The minimum absolute atomic E-state index is 0.200. The molecule has 24 heavy (non-hydrogen) atoms. The second kappa shape index (κ2) is 7.44. The van der Waals surface area contributed by atoms with Crippen LogP contribution in [0, 0.1) is 0 Å². The fraction of sp³-hybridized carbons (Fsp3) is 0.471. The van der Waals surface area contributed by atoms with Crippen LogP contribution in [0.2, 0.25) is 0 Å². The molecule has 0 saturated heterocycles. The largest absolute Gasteiger partial charge is 0.338 e. The molecule has 0 aliphatic carbocycles. The number of benzene rings is 1. The average molecular weight is 332 g/mol. The lowest BCUT2D eigenvalue weighted by Crippen LogP contribution is -2.35. The molecule has 2 rings (SSSR count). The minimum atomic E-state index is -0.328. The Morgan fingerprint density at radius 2 is 1.83 bits per heavy atom. The van der Waals surface area contributed by atoms with Gasteiger partial charge in [0.25, 0.3) is 11.8 Å². The van der Waals surface area contributed by atoms with Gasteiger partial charge in [-0.25, -0.2) is 4.79 Å². The molecule has 1 aromatic rings. The molecule has 0 spiro atoms. The van der Waals surface area contributed by atoms with Gasteiger partial charge in [0.05, 0.1) is 11.1 Å². The number of amides is 4. The van der Waals surface area contributed by atoms with Crippen LogP contribution >= 0.6 is 0 Å². The number of hydrogen-bond acceptors (Lipinski definition) is 4. The van der Waals surface area contributed by atoms with Gasteiger partial charge in [0.15, 0.2) is 0 Å². The van der Waals surface area contributed by atoms with Crippen LogP contribution in [0.3, 0.4) is 0 Å². The van der Waals surface area contributed by atoms with Crippen molar-refractivity contribution >= 4 is 23.5 Å². The van der Waals surface area contributed by atoms with Gasteiger partial charge in [-0.05, 0) is 59.1 Å². The van der Waals surface area contributed by atoms with Crippen LogP contribution in [0.4, 0.5) is 10.5 Å². The molecule has 2 N–H and O–H groups in total. The van der Waals surface area contributed by atoms with E-state index >= 15 is 0 Å². The summed E-state index contributed by atoms with van der Waals surface area (Å²) in [6.45, 7) is 5.04. The summed E-state index contributed by atoms with van der Waals surface area (Å²) in [5, 5.41) is 5.46. The quantitative estimate of drug-likeness (QED) is 0.614. The molecule has 1 aromatic carbocycles. The number of urea groups is 1. The van der Waals surface area contributed by atoms with E-state index in [1.807, 2.05) is 19.0 Å². The monoisotopic (exact) mass is 332 g/mol. The fourth-order valence-corrected chi connectivity index (χ4v) is 2.58. The van der Waals surface area contributed by atoms with Gasteiger partial charge in [-0.1, -0.05) is 0 Å². The summed E-state index contributed by atoms with van der Waals surface area (Å²) >= 11 is 0. The Kier molecular flexibility index (Phi) is 5.56. The molecule has 0 aromatic heterocycles. The van der Waals surface area contributed by atoms with Crippen molar-refractivity contribution in [3.8, 4) is 0 Å². The van der Waals surface area contributed by atoms with Crippen LogP contribution in [0.15, 0.2) is 18.2 Å². The first-order chi connectivity index (χ1) is 11.3. The van der Waals surface area contributed by atoms with Crippen molar-refractivity contribution in [1.29, 1.82) is 0 Å². The lowest BCUT2D eigenvalue weighted by molar-refractivity contribution is 0.0609. The molecule has 0 bridgehead atoms. The van der Waals surface area contributed by atoms with E-state index in [1.54, 1.807) is 32.0 Å². The number of imide groups is 1. The van der Waals surface area contributed by atoms with Crippen molar-refractivity contribution in [3.05, 3.63) is 29.3 Å². The summed E-state index contributed by atoms with van der Waals surface area (Å²) in [6.07, 6.45) is 0.848. The zero-order valence-corrected chi connectivity index (χ0v) is 14.5. The summed E-state index contributed by atoms with van der Waals surface area (Å²) in [4.78, 5) is 39.7. The van der Waals surface area contributed by atoms with Crippen molar-refractivity contribution in [2.24, 2.45) is 0 Å². The highest BCUT2D eigenvalue weighted by Gasteiger charge is 2.37. The van der Waals surface area contributed by atoms with E-state index in [-0.39, 0.29) is 23.9 Å². The summed E-state index contributed by atoms with van der Waals surface area (Å²) in [6, 6.07) is 4.24. The third-order valence-corrected chi connectivity index (χ3v) is 3.76. The summed E-state index contributed by atoms with van der Waals surface area (Å²) in [5.41, 5.74) is 1.20. The van der Waals surface area contributed by atoms with Crippen LogP contribution < -0.4 is 10.6 Å². The van der Waals surface area contributed by atoms with Gasteiger partial charge >= 0.3 is 6.03 Å². The first-order valence-corrected chi connectivity index (χ1v) is 8.02. The standard InChI is InChI=1S/C17H24N4O3/c1-11(2)21-15(22)13-7-6-12(10-14(13)16(21)23)19-17(24)18-8-5-9-20(3)4/h6-7,10-11H,5,8-9H2,1-4H3,(H2,18,19,24). The van der Waals surface area contributed by atoms with Crippen molar-refractivity contribution in [1.82, 2.24) is 15.1 Å². The molecule has 0 atom stereocenters. The highest BCUT2D eigenvalue weighted by molar-refractivity contribution is 6.22. The Morgan fingerprint density at radius 3 is 2.46 bits per heavy atom. The third-order valence-electron chi connectivity index (χ3n) is 3.76. The van der Waals surface area contributed by atoms with Gasteiger partial charge in [0.1, 0.15) is 0 Å². The van der Waals surface area contributed by atoms with E-state index < -0.39 is 0 Å². The molecule has 0 saturated carbocycles. The van der Waals surface area contributed by atoms with Crippen LogP contribution in [0.25, 0.3) is 0 Å². The van der Waals surface area contributed by atoms with Crippen LogP contribution in [0.1, 0.15) is 41.0 Å². The van der Waals surface area contributed by atoms with Crippen LogP contribution in [-0.4, -0.2) is 60.9 Å². The topological polar surface area (TPSA) is 81.8 Å². The Bertz CT molecular complexity index is 655. The van der Waals surface area contributed by atoms with Gasteiger partial charge in [0, 0.05) is 18.3 Å². The number of nitrogens with zero attached hydrogens (tertiary/aromatic N) is 2. The second-order valence-corrected chi connectivity index (χ2v) is 6.37. The molecule has 0 fully saturated rings. The molecular weight excluding hydrogens is 308 g/mol. The Balaban J connectivity index is 1.99. The van der Waals surface area contributed by atoms with Crippen molar-refractivity contribution < 1.29 is 14.4 Å². The lowest BCUT2D eigenvalue weighted by Gasteiger charge is -2.17. The molecular formula is C17H24N4O3. The molecule has 4 amide bonds. The molecule has 7 nitrogen and oxygen atoms in total. The summed E-state index contributed by atoms with van der Waals surface area (Å²) < 4.78 is 0. The van der Waals surface area contributed by atoms with Crippen LogP contribution in [0.5, 0.6) is 0 Å². The summed E-state index contributed by atoms with van der Waals surface area (Å²) in [7, 11) is 3.95. The van der Waals surface area contributed by atoms with Gasteiger partial charge in [-0.15, -0.1) is 0 Å². The SMILES string of the molecule is CC(C)N1C(=O)c2ccc(NC(=O)NCCCN(C)C)cc2C1=O. The number of rotatable bonds is 6. The highest BCUT2D eigenvalue weighted by atomic mass is 16.2. The lowest BCUT2D eigenvalue weighted by atomic mass is 10.1. The normalized spacial score (nSPS) is 13.7. The predicted octanol–water partition coefficient (Wildman–Crippen LogP) is 1.76. The van der Waals surface area contributed by atoms with E-state index in [9.17, 15) is 14.4 Å². The van der Waals surface area contributed by atoms with E-state index in [2.05, 4.69) is 10.6 Å². The summed E-state index contributed by atoms with van der Waals surface area (Å²) in [5.74, 6) is -0.607. The van der Waals surface area contributed by atoms with Gasteiger partial charge in [-0.2, -0.15) is 0 Å². The first-order valence-electron chi connectivity index (χ1n) is 8.02. The van der Waals surface area contributed by atoms with Crippen molar-refractivity contribution in [2.75, 3.05) is 32.5 Å². The smallest absolute Gasteiger partial charge is 0.319 e. The molecule has 1 aliphatic rings. The maximum absolute atomic E-state index is 12.3. The molecule has 130 valence electrons. The maximum atomic E-state index is 12.3. The number of anilines is 1. The maximum Gasteiger partial charge on any atom is 0.319 e. The Labute approximate surface area is 142 Å². The van der Waals surface area contributed by atoms with Gasteiger partial charge < -0.3 is 15.5 Å². The number of fused-ring (bicyclic) bond motifs is 1. The number of nitrogens with one attached hydrogen (secondary N) is 2. The van der Waals surface area contributed by atoms with Crippen molar-refractivity contribution in [3.63, 3.8) is 0 Å². The van der Waals surface area contributed by atoms with Gasteiger partial charge in [0.2, 0.25) is 0 Å². The number of carbonyl (C=O) groups excluding carboxylic acids is 3. The van der Waals surface area contributed by atoms with E-state index in [0.717, 1.165) is 13.0 Å². The molecule has 7 heteroatoms. The molecule has 1 heterocycles. The highest BCUT2D eigenvalue weighted by Crippen LogP contribution is 2.27. The minimum Gasteiger partial charge on any atom is -0.338 e. The fourth-order valence-electron chi connectivity index (χ4n) is 2.58. The average Bonchev–Trinajstić information content (AvgIpc) is 2.75. The third kappa shape index (κ3) is 3.91. The van der Waals surface area contributed by atoms with E-state index in [4.69, 9.17) is 0 Å². The number of hydrogen-bond donors (Lipinski definition) is 2. The zero-order valence-electron chi connectivity index (χ0n) is 14.5. The molecule has 1 aliphatic heterocycles. The van der Waals surface area contributed by atoms with E-state index in [1.165, 1.54) is 4.90 Å². The zero-order chi connectivity index (χ0) is 17.9. The first kappa shape index (κ1) is 17.9. The van der Waals surface area contributed by atoms with Crippen molar-refractivity contribution in [2.45, 2.75) is 26.3 Å². The number of carbonyl (C=O) groups is 3. The van der Waals surface area contributed by atoms with Gasteiger partial charge in [-0.3, -0.25) is 14.5 Å². The second-order valence-electron chi connectivity index (χ2n) is 6.37. The Morgan fingerprint density at radius 1 is 1.17 bits per heavy atom.